The van der Waals surface area contributed by atoms with E-state index in [9.17, 15) is 9.59 Å². The highest BCUT2D eigenvalue weighted by Gasteiger charge is 2.10. The van der Waals surface area contributed by atoms with E-state index in [1.807, 2.05) is 55.5 Å². The smallest absolute Gasteiger partial charge is 0.223 e. The average molecular weight is 260 g/mol. The Morgan fingerprint density at radius 1 is 1.26 bits per heavy atom. The van der Waals surface area contributed by atoms with Crippen molar-refractivity contribution in [2.24, 2.45) is 0 Å². The first kappa shape index (κ1) is 15.0. The van der Waals surface area contributed by atoms with Gasteiger partial charge in [0.2, 0.25) is 5.91 Å². The first-order valence-electron chi connectivity index (χ1n) is 6.10. The molecule has 1 amide bonds. The third-order valence-corrected chi connectivity index (χ3v) is 2.85. The van der Waals surface area contributed by atoms with Gasteiger partial charge in [0.1, 0.15) is 6.29 Å². The summed E-state index contributed by atoms with van der Waals surface area (Å²) in [6.45, 7) is 1.51. The van der Waals surface area contributed by atoms with Crippen LogP contribution in [0.25, 0.3) is 0 Å². The topological polar surface area (TPSA) is 40.6 Å². The molecule has 1 rings (SSSR count). The van der Waals surface area contributed by atoms with Crippen LogP contribution in [-0.4, -0.2) is 38.2 Å². The Morgan fingerprint density at radius 3 is 2.47 bits per heavy atom. The summed E-state index contributed by atoms with van der Waals surface area (Å²) in [6, 6.07) is 7.45. The predicted octanol–water partition coefficient (Wildman–Crippen LogP) is 2.03. The lowest BCUT2D eigenvalue weighted by Crippen LogP contribution is -2.22. The van der Waals surface area contributed by atoms with E-state index in [0.717, 1.165) is 17.5 Å². The van der Waals surface area contributed by atoms with Crippen LogP contribution >= 0.6 is 0 Å². The quantitative estimate of drug-likeness (QED) is 0.761. The molecular formula is C15H20N2O2. The van der Waals surface area contributed by atoms with E-state index >= 15 is 0 Å². The SMILES string of the molecule is CC(=O)N(C)c1cccc(C(C=O)C=CN(C)C)c1. The van der Waals surface area contributed by atoms with Crippen molar-refractivity contribution in [3.8, 4) is 0 Å². The number of carbonyl (C=O) groups excluding carboxylic acids is 2. The van der Waals surface area contributed by atoms with Gasteiger partial charge in [0.05, 0.1) is 5.92 Å². The van der Waals surface area contributed by atoms with E-state index in [1.54, 1.807) is 11.9 Å². The van der Waals surface area contributed by atoms with Gasteiger partial charge in [0.15, 0.2) is 0 Å². The van der Waals surface area contributed by atoms with Gasteiger partial charge in [0, 0.05) is 33.8 Å². The standard InChI is InChI=1S/C15H20N2O2/c1-12(19)17(4)15-7-5-6-13(10-15)14(11-18)8-9-16(2)3/h5-11,14H,1-4H3. The fourth-order valence-electron chi connectivity index (χ4n) is 1.62. The molecule has 0 aliphatic heterocycles. The van der Waals surface area contributed by atoms with Gasteiger partial charge in [-0.2, -0.15) is 0 Å². The zero-order chi connectivity index (χ0) is 14.4. The van der Waals surface area contributed by atoms with Gasteiger partial charge in [-0.05, 0) is 23.9 Å². The molecule has 4 heteroatoms. The lowest BCUT2D eigenvalue weighted by atomic mass is 10.00. The van der Waals surface area contributed by atoms with E-state index in [2.05, 4.69) is 0 Å². The van der Waals surface area contributed by atoms with Crippen molar-refractivity contribution in [2.45, 2.75) is 12.8 Å². The molecule has 0 radical (unpaired) electrons. The molecule has 0 aromatic heterocycles. The van der Waals surface area contributed by atoms with Crippen LogP contribution in [0.5, 0.6) is 0 Å². The molecule has 0 saturated carbocycles. The summed E-state index contributed by atoms with van der Waals surface area (Å²) in [4.78, 5) is 26.0. The largest absolute Gasteiger partial charge is 0.384 e. The van der Waals surface area contributed by atoms with Crippen LogP contribution in [0.4, 0.5) is 5.69 Å². The first-order valence-corrected chi connectivity index (χ1v) is 6.10. The zero-order valence-electron chi connectivity index (χ0n) is 11.8. The van der Waals surface area contributed by atoms with Crippen molar-refractivity contribution >= 4 is 17.9 Å². The van der Waals surface area contributed by atoms with Crippen molar-refractivity contribution in [1.82, 2.24) is 4.90 Å². The number of hydrogen-bond donors (Lipinski definition) is 0. The second-order valence-electron chi connectivity index (χ2n) is 4.64. The third-order valence-electron chi connectivity index (χ3n) is 2.85. The number of anilines is 1. The van der Waals surface area contributed by atoms with Gasteiger partial charge in [0.25, 0.3) is 0 Å². The lowest BCUT2D eigenvalue weighted by molar-refractivity contribution is -0.116. The summed E-state index contributed by atoms with van der Waals surface area (Å²) in [7, 11) is 5.52. The molecule has 0 heterocycles. The minimum atomic E-state index is -0.303. The summed E-state index contributed by atoms with van der Waals surface area (Å²) < 4.78 is 0. The molecule has 102 valence electrons. The van der Waals surface area contributed by atoms with Gasteiger partial charge in [-0.3, -0.25) is 4.79 Å². The van der Waals surface area contributed by atoms with Crippen LogP contribution in [0.1, 0.15) is 18.4 Å². The van der Waals surface area contributed by atoms with Crippen molar-refractivity contribution < 1.29 is 9.59 Å². The Balaban J connectivity index is 3.02. The molecule has 1 atom stereocenters. The minimum absolute atomic E-state index is 0.0383. The highest BCUT2D eigenvalue weighted by Crippen LogP contribution is 2.21. The monoisotopic (exact) mass is 260 g/mol. The minimum Gasteiger partial charge on any atom is -0.384 e. The molecule has 4 nitrogen and oxygen atoms in total. The van der Waals surface area contributed by atoms with Gasteiger partial charge < -0.3 is 14.6 Å². The van der Waals surface area contributed by atoms with Gasteiger partial charge in [-0.15, -0.1) is 0 Å². The normalized spacial score (nSPS) is 12.2. The van der Waals surface area contributed by atoms with Gasteiger partial charge in [-0.1, -0.05) is 18.2 Å². The van der Waals surface area contributed by atoms with Crippen molar-refractivity contribution in [1.29, 1.82) is 0 Å². The van der Waals surface area contributed by atoms with Crippen LogP contribution < -0.4 is 4.90 Å². The van der Waals surface area contributed by atoms with Crippen LogP contribution in [-0.2, 0) is 9.59 Å². The molecule has 0 aliphatic rings. The molecule has 0 aliphatic carbocycles. The van der Waals surface area contributed by atoms with E-state index in [1.165, 1.54) is 6.92 Å². The molecule has 0 spiro atoms. The Bertz CT molecular complexity index is 481. The highest BCUT2D eigenvalue weighted by molar-refractivity contribution is 5.91. The Hall–Kier alpha value is -2.10. The van der Waals surface area contributed by atoms with Gasteiger partial charge >= 0.3 is 0 Å². The molecule has 0 N–H and O–H groups in total. The number of amides is 1. The average Bonchev–Trinajstić information content (AvgIpc) is 2.38. The maximum atomic E-state index is 11.3. The second kappa shape index (κ2) is 6.73. The van der Waals surface area contributed by atoms with Crippen LogP contribution in [0, 0.1) is 0 Å². The van der Waals surface area contributed by atoms with Crippen LogP contribution in [0.3, 0.4) is 0 Å². The van der Waals surface area contributed by atoms with Crippen molar-refractivity contribution in [3.63, 3.8) is 0 Å². The lowest BCUT2D eigenvalue weighted by Gasteiger charge is -2.17. The van der Waals surface area contributed by atoms with Crippen LogP contribution in [0.2, 0.25) is 0 Å². The summed E-state index contributed by atoms with van der Waals surface area (Å²) in [6.07, 6.45) is 4.58. The molecule has 0 bridgehead atoms. The summed E-state index contributed by atoms with van der Waals surface area (Å²) in [5.41, 5.74) is 1.66. The molecular weight excluding hydrogens is 240 g/mol. The van der Waals surface area contributed by atoms with E-state index < -0.39 is 0 Å². The molecule has 0 saturated heterocycles. The predicted molar refractivity (Wildman–Crippen MR) is 77.2 cm³/mol. The highest BCUT2D eigenvalue weighted by atomic mass is 16.2. The van der Waals surface area contributed by atoms with E-state index in [4.69, 9.17) is 0 Å². The summed E-state index contributed by atoms with van der Waals surface area (Å²) >= 11 is 0. The third kappa shape index (κ3) is 4.25. The Labute approximate surface area is 114 Å². The fraction of sp³-hybridized carbons (Fsp3) is 0.333. The number of aldehydes is 1. The maximum Gasteiger partial charge on any atom is 0.223 e. The number of allylic oxidation sites excluding steroid dienone is 1. The fourth-order valence-corrected chi connectivity index (χ4v) is 1.62. The van der Waals surface area contributed by atoms with E-state index in [0.29, 0.717) is 0 Å². The Kier molecular flexibility index (Phi) is 5.30. The first-order chi connectivity index (χ1) is 8.95. The number of rotatable bonds is 5. The number of nitrogens with zero attached hydrogens (tertiary/aromatic N) is 2. The maximum absolute atomic E-state index is 11.3. The summed E-state index contributed by atoms with van der Waals surface area (Å²) in [5, 5.41) is 0. The molecule has 0 fully saturated rings. The number of carbonyl (C=O) groups is 2. The number of benzene rings is 1. The molecule has 19 heavy (non-hydrogen) atoms. The van der Waals surface area contributed by atoms with Crippen molar-refractivity contribution in [2.75, 3.05) is 26.0 Å². The van der Waals surface area contributed by atoms with Crippen LogP contribution in [0.15, 0.2) is 36.5 Å². The van der Waals surface area contributed by atoms with Crippen molar-refractivity contribution in [3.05, 3.63) is 42.1 Å². The second-order valence-corrected chi connectivity index (χ2v) is 4.64. The number of hydrogen-bond acceptors (Lipinski definition) is 3. The zero-order valence-corrected chi connectivity index (χ0v) is 11.8. The van der Waals surface area contributed by atoms with E-state index in [-0.39, 0.29) is 11.8 Å². The van der Waals surface area contributed by atoms with Gasteiger partial charge in [-0.25, -0.2) is 0 Å². The summed E-state index contributed by atoms with van der Waals surface area (Å²) in [5.74, 6) is -0.341. The molecule has 1 aromatic rings. The Morgan fingerprint density at radius 2 is 1.95 bits per heavy atom. The molecule has 1 aromatic carbocycles. The molecule has 1 unspecified atom stereocenters.